The standard InChI is InChI=1S/C17H25N3O2S/c1-20(2)16-10-6-9-15-14(16)8-7-11-17(15)23(21,22)19-13-5-3-4-12-18/h6-11,19H,3-5,12-13,18H2,1-2H3. The lowest BCUT2D eigenvalue weighted by Gasteiger charge is -2.17. The van der Waals surface area contributed by atoms with Gasteiger partial charge in [-0.05, 0) is 31.5 Å². The summed E-state index contributed by atoms with van der Waals surface area (Å²) in [6.07, 6.45) is 2.64. The van der Waals surface area contributed by atoms with Crippen LogP contribution in [-0.2, 0) is 10.0 Å². The van der Waals surface area contributed by atoms with Gasteiger partial charge in [0, 0.05) is 37.1 Å². The summed E-state index contributed by atoms with van der Waals surface area (Å²) >= 11 is 0. The molecule has 0 atom stereocenters. The molecule has 0 aromatic heterocycles. The molecule has 0 fully saturated rings. The van der Waals surface area contributed by atoms with Crippen LogP contribution in [0.4, 0.5) is 5.69 Å². The number of fused-ring (bicyclic) bond motifs is 1. The number of hydrogen-bond donors (Lipinski definition) is 2. The summed E-state index contributed by atoms with van der Waals surface area (Å²) in [7, 11) is 0.384. The molecule has 2 aromatic carbocycles. The quantitative estimate of drug-likeness (QED) is 0.726. The maximum absolute atomic E-state index is 12.6. The van der Waals surface area contributed by atoms with Crippen molar-refractivity contribution in [2.24, 2.45) is 5.73 Å². The molecule has 2 aromatic rings. The van der Waals surface area contributed by atoms with E-state index in [0.717, 1.165) is 35.7 Å². The highest BCUT2D eigenvalue weighted by molar-refractivity contribution is 7.89. The second-order valence-corrected chi connectivity index (χ2v) is 7.51. The summed E-state index contributed by atoms with van der Waals surface area (Å²) in [4.78, 5) is 2.32. The summed E-state index contributed by atoms with van der Waals surface area (Å²) in [6.45, 7) is 1.08. The number of nitrogens with zero attached hydrogens (tertiary/aromatic N) is 1. The highest BCUT2D eigenvalue weighted by Crippen LogP contribution is 2.30. The van der Waals surface area contributed by atoms with Crippen LogP contribution in [0.25, 0.3) is 10.8 Å². The van der Waals surface area contributed by atoms with E-state index in [1.54, 1.807) is 12.1 Å². The van der Waals surface area contributed by atoms with E-state index < -0.39 is 10.0 Å². The van der Waals surface area contributed by atoms with E-state index in [1.807, 2.05) is 43.3 Å². The van der Waals surface area contributed by atoms with E-state index in [9.17, 15) is 8.42 Å². The SMILES string of the molecule is CN(C)c1cccc2c(S(=O)(=O)NCCCCCN)cccc12. The molecule has 0 bridgehead atoms. The first-order valence-electron chi connectivity index (χ1n) is 7.86. The molecule has 3 N–H and O–H groups in total. The van der Waals surface area contributed by atoms with Crippen LogP contribution in [0.3, 0.4) is 0 Å². The third kappa shape index (κ3) is 4.22. The van der Waals surface area contributed by atoms with Crippen LogP contribution >= 0.6 is 0 Å². The highest BCUT2D eigenvalue weighted by Gasteiger charge is 2.17. The van der Waals surface area contributed by atoms with Gasteiger partial charge in [-0.3, -0.25) is 0 Å². The van der Waals surface area contributed by atoms with Crippen molar-refractivity contribution < 1.29 is 8.42 Å². The van der Waals surface area contributed by atoms with Crippen LogP contribution in [-0.4, -0.2) is 35.6 Å². The molecule has 5 nitrogen and oxygen atoms in total. The molecule has 2 rings (SSSR count). The van der Waals surface area contributed by atoms with Crippen molar-refractivity contribution >= 4 is 26.5 Å². The zero-order valence-corrected chi connectivity index (χ0v) is 14.6. The van der Waals surface area contributed by atoms with Crippen molar-refractivity contribution in [2.45, 2.75) is 24.2 Å². The van der Waals surface area contributed by atoms with E-state index in [0.29, 0.717) is 18.0 Å². The van der Waals surface area contributed by atoms with Gasteiger partial charge in [0.25, 0.3) is 0 Å². The number of unbranched alkanes of at least 4 members (excludes halogenated alkanes) is 2. The summed E-state index contributed by atoms with van der Waals surface area (Å²) in [5.74, 6) is 0. The molecule has 126 valence electrons. The molecule has 0 spiro atoms. The van der Waals surface area contributed by atoms with E-state index >= 15 is 0 Å². The Balaban J connectivity index is 2.30. The van der Waals surface area contributed by atoms with E-state index in [-0.39, 0.29) is 0 Å². The fourth-order valence-corrected chi connectivity index (χ4v) is 3.91. The molecule has 0 unspecified atom stereocenters. The minimum Gasteiger partial charge on any atom is -0.377 e. The summed E-state index contributed by atoms with van der Waals surface area (Å²) < 4.78 is 27.9. The molecule has 0 aliphatic heterocycles. The zero-order valence-electron chi connectivity index (χ0n) is 13.7. The van der Waals surface area contributed by atoms with Gasteiger partial charge in [-0.2, -0.15) is 0 Å². The number of nitrogens with two attached hydrogens (primary N) is 1. The van der Waals surface area contributed by atoms with Crippen LogP contribution in [0.1, 0.15) is 19.3 Å². The molecule has 0 amide bonds. The Morgan fingerprint density at radius 1 is 1.00 bits per heavy atom. The maximum Gasteiger partial charge on any atom is 0.241 e. The van der Waals surface area contributed by atoms with Crippen molar-refractivity contribution in [2.75, 3.05) is 32.1 Å². The first kappa shape index (κ1) is 17.7. The zero-order chi connectivity index (χ0) is 16.9. The fourth-order valence-electron chi connectivity index (χ4n) is 2.62. The highest BCUT2D eigenvalue weighted by atomic mass is 32.2. The van der Waals surface area contributed by atoms with Gasteiger partial charge in [0.2, 0.25) is 10.0 Å². The fraction of sp³-hybridized carbons (Fsp3) is 0.412. The van der Waals surface area contributed by atoms with E-state index in [2.05, 4.69) is 4.72 Å². The Bertz CT molecular complexity index is 758. The minimum atomic E-state index is -3.52. The molecule has 0 radical (unpaired) electrons. The van der Waals surface area contributed by atoms with E-state index in [1.165, 1.54) is 0 Å². The van der Waals surface area contributed by atoms with Gasteiger partial charge in [0.05, 0.1) is 4.90 Å². The third-order valence-electron chi connectivity index (χ3n) is 3.80. The van der Waals surface area contributed by atoms with Crippen LogP contribution in [0.2, 0.25) is 0 Å². The smallest absolute Gasteiger partial charge is 0.241 e. The number of hydrogen-bond acceptors (Lipinski definition) is 4. The normalized spacial score (nSPS) is 11.8. The molecule has 23 heavy (non-hydrogen) atoms. The predicted octanol–water partition coefficient (Wildman–Crippen LogP) is 2.31. The van der Waals surface area contributed by atoms with Gasteiger partial charge in [-0.15, -0.1) is 0 Å². The van der Waals surface area contributed by atoms with Crippen LogP contribution < -0.4 is 15.4 Å². The first-order chi connectivity index (χ1) is 11.0. The average Bonchev–Trinajstić information content (AvgIpc) is 2.53. The van der Waals surface area contributed by atoms with Crippen molar-refractivity contribution in [3.05, 3.63) is 36.4 Å². The molecule has 0 saturated heterocycles. The largest absolute Gasteiger partial charge is 0.377 e. The Morgan fingerprint density at radius 3 is 2.39 bits per heavy atom. The predicted molar refractivity (Wildman–Crippen MR) is 96.4 cm³/mol. The monoisotopic (exact) mass is 335 g/mol. The summed E-state index contributed by atoms with van der Waals surface area (Å²) in [6, 6.07) is 11.1. The van der Waals surface area contributed by atoms with Gasteiger partial charge in [0.15, 0.2) is 0 Å². The Kier molecular flexibility index (Phi) is 5.98. The van der Waals surface area contributed by atoms with Gasteiger partial charge in [-0.1, -0.05) is 30.7 Å². The molecular weight excluding hydrogens is 310 g/mol. The maximum atomic E-state index is 12.6. The van der Waals surface area contributed by atoms with Crippen LogP contribution in [0.5, 0.6) is 0 Å². The summed E-state index contributed by atoms with van der Waals surface area (Å²) in [5.41, 5.74) is 6.45. The number of nitrogens with one attached hydrogen (secondary N) is 1. The van der Waals surface area contributed by atoms with Crippen LogP contribution in [0.15, 0.2) is 41.3 Å². The lowest BCUT2D eigenvalue weighted by Crippen LogP contribution is -2.25. The molecule has 0 aliphatic carbocycles. The second-order valence-electron chi connectivity index (χ2n) is 5.77. The molecule has 0 saturated carbocycles. The lowest BCUT2D eigenvalue weighted by atomic mass is 10.1. The van der Waals surface area contributed by atoms with Crippen molar-refractivity contribution in [3.8, 4) is 0 Å². The third-order valence-corrected chi connectivity index (χ3v) is 5.32. The van der Waals surface area contributed by atoms with Crippen molar-refractivity contribution in [1.29, 1.82) is 0 Å². The van der Waals surface area contributed by atoms with E-state index in [4.69, 9.17) is 5.73 Å². The van der Waals surface area contributed by atoms with Gasteiger partial charge in [0.1, 0.15) is 0 Å². The Morgan fingerprint density at radius 2 is 1.70 bits per heavy atom. The lowest BCUT2D eigenvalue weighted by molar-refractivity contribution is 0.576. The molecule has 0 heterocycles. The van der Waals surface area contributed by atoms with Crippen LogP contribution in [0, 0.1) is 0 Å². The average molecular weight is 335 g/mol. The Hall–Kier alpha value is -1.63. The second kappa shape index (κ2) is 7.77. The van der Waals surface area contributed by atoms with Crippen molar-refractivity contribution in [1.82, 2.24) is 4.72 Å². The van der Waals surface area contributed by atoms with Gasteiger partial charge in [-0.25, -0.2) is 13.1 Å². The number of benzene rings is 2. The first-order valence-corrected chi connectivity index (χ1v) is 9.34. The molecular formula is C17H25N3O2S. The topological polar surface area (TPSA) is 75.4 Å². The van der Waals surface area contributed by atoms with Gasteiger partial charge >= 0.3 is 0 Å². The minimum absolute atomic E-state index is 0.331. The Labute approximate surface area is 138 Å². The van der Waals surface area contributed by atoms with Crippen molar-refractivity contribution in [3.63, 3.8) is 0 Å². The molecule has 6 heteroatoms. The van der Waals surface area contributed by atoms with Gasteiger partial charge < -0.3 is 10.6 Å². The number of anilines is 1. The summed E-state index contributed by atoms with van der Waals surface area (Å²) in [5, 5.41) is 1.68. The molecule has 0 aliphatic rings. The number of rotatable bonds is 8. The number of sulfonamides is 1.